The van der Waals surface area contributed by atoms with Crippen molar-refractivity contribution in [2.24, 2.45) is 4.99 Å². The van der Waals surface area contributed by atoms with Gasteiger partial charge in [0, 0.05) is 10.7 Å². The van der Waals surface area contributed by atoms with E-state index >= 15 is 0 Å². The van der Waals surface area contributed by atoms with Gasteiger partial charge in [-0.25, -0.2) is 0 Å². The van der Waals surface area contributed by atoms with Crippen LogP contribution >= 0.6 is 23.5 Å². The Labute approximate surface area is 116 Å². The quantitative estimate of drug-likeness (QED) is 0.557. The summed E-state index contributed by atoms with van der Waals surface area (Å²) in [7, 11) is -3.07. The molecule has 0 radical (unpaired) electrons. The number of nitrogens with zero attached hydrogens (tertiary/aromatic N) is 1. The van der Waals surface area contributed by atoms with Crippen molar-refractivity contribution in [3.63, 3.8) is 0 Å². The summed E-state index contributed by atoms with van der Waals surface area (Å²) in [5.41, 5.74) is 0.942. The van der Waals surface area contributed by atoms with Crippen LogP contribution in [0.25, 0.3) is 0 Å². The molecule has 0 fully saturated rings. The topological polar surface area (TPSA) is 47.9 Å². The zero-order valence-electron chi connectivity index (χ0n) is 10.5. The molecule has 0 aliphatic heterocycles. The van der Waals surface area contributed by atoms with E-state index in [1.807, 2.05) is 24.3 Å². The second-order valence-electron chi connectivity index (χ2n) is 3.45. The normalized spacial score (nSPS) is 12.2. The lowest BCUT2D eigenvalue weighted by molar-refractivity contribution is 0.221. The van der Waals surface area contributed by atoms with Crippen LogP contribution in [0.2, 0.25) is 0 Å². The van der Waals surface area contributed by atoms with Gasteiger partial charge in [-0.05, 0) is 31.5 Å². The molecule has 0 aliphatic rings. The zero-order valence-corrected chi connectivity index (χ0v) is 13.0. The third-order valence-electron chi connectivity index (χ3n) is 2.02. The highest BCUT2D eigenvalue weighted by Crippen LogP contribution is 2.47. The Hall–Kier alpha value is -0.480. The fraction of sp³-hybridized carbons (Fsp3) is 0.417. The van der Waals surface area contributed by atoms with Crippen molar-refractivity contribution in [2.75, 3.05) is 19.5 Å². The number of rotatable bonds is 7. The predicted octanol–water partition coefficient (Wildman–Crippen LogP) is 4.09. The molecule has 0 bridgehead atoms. The van der Waals surface area contributed by atoms with Gasteiger partial charge in [0.2, 0.25) is 0 Å². The molecule has 1 aromatic rings. The van der Waals surface area contributed by atoms with Gasteiger partial charge in [0.1, 0.15) is 6.29 Å². The molecule has 0 unspecified atom stereocenters. The maximum Gasteiger partial charge on any atom is 0.351 e. The molecule has 0 aliphatic carbocycles. The van der Waals surface area contributed by atoms with Gasteiger partial charge >= 0.3 is 7.60 Å². The SMILES string of the molecule is CCOP(=O)(C/N=C/c1ccc(Br)cc1)OCC. The van der Waals surface area contributed by atoms with Crippen LogP contribution in [-0.4, -0.2) is 25.7 Å². The molecule has 1 rings (SSSR count). The molecular formula is C12H17BrNO3P. The van der Waals surface area contributed by atoms with Crippen molar-refractivity contribution in [3.05, 3.63) is 34.3 Å². The number of benzene rings is 1. The van der Waals surface area contributed by atoms with E-state index in [4.69, 9.17) is 9.05 Å². The van der Waals surface area contributed by atoms with E-state index in [-0.39, 0.29) is 6.29 Å². The lowest BCUT2D eigenvalue weighted by Crippen LogP contribution is -1.99. The van der Waals surface area contributed by atoms with Crippen molar-refractivity contribution < 1.29 is 13.6 Å². The van der Waals surface area contributed by atoms with Gasteiger partial charge in [0.05, 0.1) is 13.2 Å². The first kappa shape index (κ1) is 15.6. The molecule has 1 aromatic carbocycles. The van der Waals surface area contributed by atoms with Crippen LogP contribution in [0, 0.1) is 0 Å². The van der Waals surface area contributed by atoms with E-state index in [9.17, 15) is 4.57 Å². The highest BCUT2D eigenvalue weighted by Gasteiger charge is 2.22. The Bertz CT molecular complexity index is 423. The van der Waals surface area contributed by atoms with Gasteiger partial charge < -0.3 is 9.05 Å². The summed E-state index contributed by atoms with van der Waals surface area (Å²) in [5.74, 6) is 0. The van der Waals surface area contributed by atoms with E-state index in [1.165, 1.54) is 0 Å². The first-order valence-corrected chi connectivity index (χ1v) is 8.25. The van der Waals surface area contributed by atoms with Gasteiger partial charge in [-0.1, -0.05) is 28.1 Å². The summed E-state index contributed by atoms with van der Waals surface area (Å²) < 4.78 is 23.4. The van der Waals surface area contributed by atoms with E-state index in [2.05, 4.69) is 20.9 Å². The van der Waals surface area contributed by atoms with E-state index in [1.54, 1.807) is 20.1 Å². The van der Waals surface area contributed by atoms with Gasteiger partial charge in [-0.2, -0.15) is 0 Å². The van der Waals surface area contributed by atoms with Crippen molar-refractivity contribution in [1.82, 2.24) is 0 Å². The largest absolute Gasteiger partial charge is 0.351 e. The zero-order chi connectivity index (χ0) is 13.4. The maximum atomic E-state index is 12.1. The first-order valence-electron chi connectivity index (χ1n) is 5.73. The minimum Gasteiger partial charge on any atom is -0.308 e. The molecule has 100 valence electrons. The maximum absolute atomic E-state index is 12.1. The molecule has 0 N–H and O–H groups in total. The highest BCUT2D eigenvalue weighted by atomic mass is 79.9. The lowest BCUT2D eigenvalue weighted by Gasteiger charge is -2.14. The number of hydrogen-bond donors (Lipinski definition) is 0. The molecule has 0 spiro atoms. The third-order valence-corrected chi connectivity index (χ3v) is 4.36. The summed E-state index contributed by atoms with van der Waals surface area (Å²) in [4.78, 5) is 4.13. The molecule has 6 heteroatoms. The molecular weight excluding hydrogens is 317 g/mol. The van der Waals surface area contributed by atoms with Crippen molar-refractivity contribution in [2.45, 2.75) is 13.8 Å². The number of hydrogen-bond acceptors (Lipinski definition) is 4. The Morgan fingerprint density at radius 1 is 1.22 bits per heavy atom. The Morgan fingerprint density at radius 2 is 1.78 bits per heavy atom. The lowest BCUT2D eigenvalue weighted by atomic mass is 10.2. The summed E-state index contributed by atoms with van der Waals surface area (Å²) in [6.45, 7) is 4.27. The molecule has 0 aromatic heterocycles. The Balaban J connectivity index is 2.61. The Kier molecular flexibility index (Phi) is 6.79. The van der Waals surface area contributed by atoms with Crippen LogP contribution < -0.4 is 0 Å². The first-order chi connectivity index (χ1) is 8.59. The summed E-state index contributed by atoms with van der Waals surface area (Å²) in [6, 6.07) is 7.68. The molecule has 0 saturated heterocycles. The predicted molar refractivity (Wildman–Crippen MR) is 77.5 cm³/mol. The monoisotopic (exact) mass is 333 g/mol. The second kappa shape index (κ2) is 7.85. The van der Waals surface area contributed by atoms with Gasteiger partial charge in [0.15, 0.2) is 0 Å². The van der Waals surface area contributed by atoms with Crippen LogP contribution in [0.5, 0.6) is 0 Å². The van der Waals surface area contributed by atoms with Gasteiger partial charge in [0.25, 0.3) is 0 Å². The van der Waals surface area contributed by atoms with E-state index in [0.29, 0.717) is 13.2 Å². The minimum atomic E-state index is -3.07. The van der Waals surface area contributed by atoms with Gasteiger partial charge in [-0.15, -0.1) is 0 Å². The molecule has 0 amide bonds. The number of halogens is 1. The summed E-state index contributed by atoms with van der Waals surface area (Å²) in [6.07, 6.45) is 1.71. The molecule has 0 atom stereocenters. The average Bonchev–Trinajstić information content (AvgIpc) is 2.32. The summed E-state index contributed by atoms with van der Waals surface area (Å²) in [5, 5.41) is 0. The standard InChI is InChI=1S/C12H17BrNO3P/c1-3-16-18(15,17-4-2)10-14-9-11-5-7-12(13)8-6-11/h5-9H,3-4,10H2,1-2H3/b14-9+. The minimum absolute atomic E-state index is 0.0464. The fourth-order valence-corrected chi connectivity index (χ4v) is 2.88. The molecule has 0 heterocycles. The molecule has 18 heavy (non-hydrogen) atoms. The summed E-state index contributed by atoms with van der Waals surface area (Å²) >= 11 is 3.36. The van der Waals surface area contributed by atoms with Crippen LogP contribution in [0.15, 0.2) is 33.7 Å². The smallest absolute Gasteiger partial charge is 0.308 e. The molecule has 0 saturated carbocycles. The third kappa shape index (κ3) is 5.44. The fourth-order valence-electron chi connectivity index (χ4n) is 1.31. The van der Waals surface area contributed by atoms with Crippen molar-refractivity contribution in [3.8, 4) is 0 Å². The van der Waals surface area contributed by atoms with Crippen molar-refractivity contribution >= 4 is 29.7 Å². The van der Waals surface area contributed by atoms with Crippen LogP contribution in [0.3, 0.4) is 0 Å². The van der Waals surface area contributed by atoms with Crippen LogP contribution in [-0.2, 0) is 13.6 Å². The average molecular weight is 334 g/mol. The van der Waals surface area contributed by atoms with Crippen LogP contribution in [0.4, 0.5) is 0 Å². The van der Waals surface area contributed by atoms with Gasteiger partial charge in [-0.3, -0.25) is 9.56 Å². The molecule has 4 nitrogen and oxygen atoms in total. The second-order valence-corrected chi connectivity index (χ2v) is 6.39. The highest BCUT2D eigenvalue weighted by molar-refractivity contribution is 9.10. The Morgan fingerprint density at radius 3 is 2.28 bits per heavy atom. The van der Waals surface area contributed by atoms with E-state index < -0.39 is 7.60 Å². The van der Waals surface area contributed by atoms with Crippen LogP contribution in [0.1, 0.15) is 19.4 Å². The number of aliphatic imine (C=N–C) groups is 1. The van der Waals surface area contributed by atoms with Crippen molar-refractivity contribution in [1.29, 1.82) is 0 Å². The van der Waals surface area contributed by atoms with E-state index in [0.717, 1.165) is 10.0 Å².